The number of hydrogen-bond donors (Lipinski definition) is 2. The van der Waals surface area contributed by atoms with E-state index in [-0.39, 0.29) is 42.3 Å². The van der Waals surface area contributed by atoms with Gasteiger partial charge in [0.05, 0.1) is 30.8 Å². The molecule has 1 aliphatic heterocycles. The van der Waals surface area contributed by atoms with Gasteiger partial charge in [-0.25, -0.2) is 13.1 Å². The fraction of sp³-hybridized carbons (Fsp3) is 0.375. The standard InChI is InChI=1S/C24H26N2O7S/c1-32-17-7-9-19(10-8-17)34(30,31)26-23(29)20-13-24(15-25-20)21(27)11-18(12-22(24)28)33-14-16-5-3-2-4-6-16/h2-10,18,20,25H,11-15H2,1H3,(H,26,29)/t18?,20-,24?/m1/s1. The molecule has 2 fully saturated rings. The highest BCUT2D eigenvalue weighted by atomic mass is 32.2. The minimum atomic E-state index is -4.12. The molecule has 0 aromatic heterocycles. The number of carbonyl (C=O) groups excluding carboxylic acids is 3. The molecule has 1 saturated carbocycles. The molecule has 1 atom stereocenters. The van der Waals surface area contributed by atoms with Crippen molar-refractivity contribution in [1.29, 1.82) is 0 Å². The molecular weight excluding hydrogens is 460 g/mol. The second kappa shape index (κ2) is 9.65. The zero-order valence-corrected chi connectivity index (χ0v) is 19.5. The minimum Gasteiger partial charge on any atom is -0.497 e. The van der Waals surface area contributed by atoms with Gasteiger partial charge >= 0.3 is 0 Å². The summed E-state index contributed by atoms with van der Waals surface area (Å²) in [6.07, 6.45) is -0.466. The number of nitrogens with one attached hydrogen (secondary N) is 2. The first-order valence-electron chi connectivity index (χ1n) is 10.9. The Labute approximate surface area is 197 Å². The Morgan fingerprint density at radius 2 is 1.71 bits per heavy atom. The van der Waals surface area contributed by atoms with Crippen LogP contribution >= 0.6 is 0 Å². The van der Waals surface area contributed by atoms with E-state index in [4.69, 9.17) is 9.47 Å². The van der Waals surface area contributed by atoms with Gasteiger partial charge in [0.15, 0.2) is 0 Å². The van der Waals surface area contributed by atoms with E-state index in [1.807, 2.05) is 35.1 Å². The summed E-state index contributed by atoms with van der Waals surface area (Å²) in [5.41, 5.74) is -0.390. The van der Waals surface area contributed by atoms with Crippen LogP contribution in [0, 0.1) is 5.41 Å². The zero-order valence-electron chi connectivity index (χ0n) is 18.7. The average Bonchev–Trinajstić information content (AvgIpc) is 3.29. The van der Waals surface area contributed by atoms with E-state index in [1.165, 1.54) is 31.4 Å². The van der Waals surface area contributed by atoms with Crippen LogP contribution in [-0.4, -0.2) is 51.7 Å². The molecule has 2 aromatic rings. The Kier molecular flexibility index (Phi) is 6.83. The predicted octanol–water partition coefficient (Wildman–Crippen LogP) is 1.37. The van der Waals surface area contributed by atoms with E-state index in [2.05, 4.69) is 5.32 Å². The van der Waals surface area contributed by atoms with Crippen molar-refractivity contribution in [3.05, 3.63) is 60.2 Å². The van der Waals surface area contributed by atoms with Crippen molar-refractivity contribution in [2.75, 3.05) is 13.7 Å². The van der Waals surface area contributed by atoms with Crippen LogP contribution in [-0.2, 0) is 35.8 Å². The third-order valence-electron chi connectivity index (χ3n) is 6.35. The molecular formula is C24H26N2O7S. The summed E-state index contributed by atoms with van der Waals surface area (Å²) in [6.45, 7) is 0.294. The molecule has 0 unspecified atom stereocenters. The number of benzene rings is 2. The maximum atomic E-state index is 13.0. The number of rotatable bonds is 7. The number of ketones is 2. The lowest BCUT2D eigenvalue weighted by Crippen LogP contribution is -2.48. The number of Topliss-reactive ketones (excluding diaryl/α,β-unsaturated/α-hetero) is 2. The Hall–Kier alpha value is -3.08. The van der Waals surface area contributed by atoms with Crippen LogP contribution in [0.15, 0.2) is 59.5 Å². The topological polar surface area (TPSA) is 128 Å². The summed E-state index contributed by atoms with van der Waals surface area (Å²) in [5.74, 6) is -0.911. The van der Waals surface area contributed by atoms with E-state index < -0.39 is 33.5 Å². The SMILES string of the molecule is COc1ccc(S(=O)(=O)NC(=O)[C@H]2CC3(CN2)C(=O)CC(OCc2ccccc2)CC3=O)cc1. The van der Waals surface area contributed by atoms with Crippen molar-refractivity contribution in [3.8, 4) is 5.75 Å². The monoisotopic (exact) mass is 486 g/mol. The second-order valence-electron chi connectivity index (χ2n) is 8.54. The van der Waals surface area contributed by atoms with Gasteiger partial charge in [-0.15, -0.1) is 0 Å². The highest BCUT2D eigenvalue weighted by molar-refractivity contribution is 7.90. The largest absolute Gasteiger partial charge is 0.497 e. The molecule has 2 aromatic carbocycles. The Morgan fingerprint density at radius 3 is 2.32 bits per heavy atom. The third kappa shape index (κ3) is 4.89. The Morgan fingerprint density at radius 1 is 1.06 bits per heavy atom. The normalized spacial score (nSPS) is 24.9. The fourth-order valence-electron chi connectivity index (χ4n) is 4.36. The van der Waals surface area contributed by atoms with Crippen LogP contribution in [0.1, 0.15) is 24.8 Å². The number of sulfonamides is 1. The molecule has 1 amide bonds. The Bertz CT molecular complexity index is 1160. The molecule has 1 aliphatic carbocycles. The van der Waals surface area contributed by atoms with Gasteiger partial charge in [0, 0.05) is 19.4 Å². The number of hydrogen-bond acceptors (Lipinski definition) is 8. The van der Waals surface area contributed by atoms with Gasteiger partial charge in [-0.2, -0.15) is 0 Å². The number of carbonyl (C=O) groups is 3. The molecule has 10 heteroatoms. The molecule has 1 heterocycles. The summed E-state index contributed by atoms with van der Waals surface area (Å²) in [4.78, 5) is 38.6. The lowest BCUT2D eigenvalue weighted by molar-refractivity contribution is -0.149. The highest BCUT2D eigenvalue weighted by Gasteiger charge is 2.55. The van der Waals surface area contributed by atoms with Gasteiger partial charge in [-0.3, -0.25) is 14.4 Å². The molecule has 2 aliphatic rings. The van der Waals surface area contributed by atoms with Crippen LogP contribution in [0.5, 0.6) is 5.75 Å². The van der Waals surface area contributed by atoms with Gasteiger partial charge in [-0.1, -0.05) is 30.3 Å². The van der Waals surface area contributed by atoms with Gasteiger partial charge in [-0.05, 0) is 36.2 Å². The number of ether oxygens (including phenoxy) is 2. The van der Waals surface area contributed by atoms with Gasteiger partial charge in [0.2, 0.25) is 0 Å². The highest BCUT2D eigenvalue weighted by Crippen LogP contribution is 2.39. The summed E-state index contributed by atoms with van der Waals surface area (Å²) in [5, 5.41) is 2.86. The van der Waals surface area contributed by atoms with Crippen molar-refractivity contribution in [1.82, 2.24) is 10.0 Å². The van der Waals surface area contributed by atoms with Crippen molar-refractivity contribution in [2.45, 2.75) is 42.9 Å². The van der Waals surface area contributed by atoms with E-state index in [9.17, 15) is 22.8 Å². The summed E-state index contributed by atoms with van der Waals surface area (Å²) < 4.78 is 38.0. The van der Waals surface area contributed by atoms with E-state index in [1.54, 1.807) is 0 Å². The van der Waals surface area contributed by atoms with E-state index in [0.29, 0.717) is 12.4 Å². The van der Waals surface area contributed by atoms with Crippen LogP contribution < -0.4 is 14.8 Å². The summed E-state index contributed by atoms with van der Waals surface area (Å²) in [6, 6.07) is 14.1. The van der Waals surface area contributed by atoms with Crippen molar-refractivity contribution in [2.24, 2.45) is 5.41 Å². The predicted molar refractivity (Wildman–Crippen MR) is 121 cm³/mol. The van der Waals surface area contributed by atoms with Gasteiger partial charge in [0.25, 0.3) is 15.9 Å². The molecule has 1 saturated heterocycles. The zero-order chi connectivity index (χ0) is 24.3. The van der Waals surface area contributed by atoms with Crippen LogP contribution in [0.25, 0.3) is 0 Å². The average molecular weight is 487 g/mol. The van der Waals surface area contributed by atoms with Crippen LogP contribution in [0.2, 0.25) is 0 Å². The maximum absolute atomic E-state index is 13.0. The summed E-state index contributed by atoms with van der Waals surface area (Å²) in [7, 11) is -2.66. The number of amides is 1. The first-order chi connectivity index (χ1) is 16.2. The smallest absolute Gasteiger partial charge is 0.264 e. The third-order valence-corrected chi connectivity index (χ3v) is 7.71. The quantitative estimate of drug-likeness (QED) is 0.562. The molecule has 4 rings (SSSR count). The lowest BCUT2D eigenvalue weighted by atomic mass is 9.69. The first kappa shape index (κ1) is 24.1. The maximum Gasteiger partial charge on any atom is 0.264 e. The molecule has 0 radical (unpaired) electrons. The minimum absolute atomic E-state index is 0.00323. The van der Waals surface area contributed by atoms with Crippen molar-refractivity contribution >= 4 is 27.5 Å². The molecule has 2 N–H and O–H groups in total. The first-order valence-corrected chi connectivity index (χ1v) is 12.4. The van der Waals surface area contributed by atoms with Crippen LogP contribution in [0.3, 0.4) is 0 Å². The molecule has 34 heavy (non-hydrogen) atoms. The summed E-state index contributed by atoms with van der Waals surface area (Å²) >= 11 is 0. The number of methoxy groups -OCH3 is 1. The van der Waals surface area contributed by atoms with Crippen molar-refractivity contribution < 1.29 is 32.3 Å². The molecule has 9 nitrogen and oxygen atoms in total. The Balaban J connectivity index is 1.37. The van der Waals surface area contributed by atoms with E-state index >= 15 is 0 Å². The molecule has 0 bridgehead atoms. The lowest BCUT2D eigenvalue weighted by Gasteiger charge is -2.33. The van der Waals surface area contributed by atoms with Crippen LogP contribution in [0.4, 0.5) is 0 Å². The second-order valence-corrected chi connectivity index (χ2v) is 10.2. The van der Waals surface area contributed by atoms with E-state index in [0.717, 1.165) is 5.56 Å². The van der Waals surface area contributed by atoms with Gasteiger partial charge in [0.1, 0.15) is 22.7 Å². The molecule has 1 spiro atoms. The fourth-order valence-corrected chi connectivity index (χ4v) is 5.38. The van der Waals surface area contributed by atoms with Gasteiger partial charge < -0.3 is 14.8 Å². The molecule has 180 valence electrons. The van der Waals surface area contributed by atoms with Crippen molar-refractivity contribution in [3.63, 3.8) is 0 Å².